The van der Waals surface area contributed by atoms with E-state index in [9.17, 15) is 13.2 Å². The van der Waals surface area contributed by atoms with Gasteiger partial charge in [-0.1, -0.05) is 30.3 Å². The zero-order valence-corrected chi connectivity index (χ0v) is 15.0. The van der Waals surface area contributed by atoms with Crippen molar-refractivity contribution in [3.05, 3.63) is 60.2 Å². The zero-order chi connectivity index (χ0) is 17.9. The van der Waals surface area contributed by atoms with E-state index in [1.54, 1.807) is 30.3 Å². The van der Waals surface area contributed by atoms with Crippen LogP contribution in [0.1, 0.15) is 18.4 Å². The lowest BCUT2D eigenvalue weighted by Gasteiger charge is -2.30. The fourth-order valence-corrected chi connectivity index (χ4v) is 4.56. The number of piperidine rings is 1. The summed E-state index contributed by atoms with van der Waals surface area (Å²) in [5.74, 6) is -0.204. The highest BCUT2D eigenvalue weighted by atomic mass is 32.2. The fourth-order valence-electron chi connectivity index (χ4n) is 3.07. The average molecular weight is 358 g/mol. The predicted octanol–water partition coefficient (Wildman–Crippen LogP) is 3.03. The van der Waals surface area contributed by atoms with E-state index < -0.39 is 10.0 Å². The van der Waals surface area contributed by atoms with Crippen LogP contribution in [0.15, 0.2) is 59.5 Å². The van der Waals surface area contributed by atoms with E-state index in [4.69, 9.17) is 0 Å². The van der Waals surface area contributed by atoms with Crippen LogP contribution >= 0.6 is 0 Å². The minimum atomic E-state index is -3.47. The molecule has 1 aliphatic rings. The summed E-state index contributed by atoms with van der Waals surface area (Å²) in [7, 11) is -3.47. The van der Waals surface area contributed by atoms with E-state index in [1.807, 2.05) is 31.2 Å². The minimum absolute atomic E-state index is 0.0395. The molecule has 2 aromatic carbocycles. The molecule has 0 radical (unpaired) electrons. The molecule has 1 fully saturated rings. The van der Waals surface area contributed by atoms with Crippen molar-refractivity contribution in [2.75, 3.05) is 18.4 Å². The summed E-state index contributed by atoms with van der Waals surface area (Å²) in [5.41, 5.74) is 1.87. The number of hydrogen-bond donors (Lipinski definition) is 1. The molecule has 1 heterocycles. The van der Waals surface area contributed by atoms with E-state index in [0.29, 0.717) is 30.8 Å². The van der Waals surface area contributed by atoms with Crippen molar-refractivity contribution in [3.63, 3.8) is 0 Å². The Balaban J connectivity index is 1.61. The van der Waals surface area contributed by atoms with Gasteiger partial charge >= 0.3 is 0 Å². The molecule has 5 nitrogen and oxygen atoms in total. The smallest absolute Gasteiger partial charge is 0.243 e. The zero-order valence-electron chi connectivity index (χ0n) is 14.2. The van der Waals surface area contributed by atoms with Gasteiger partial charge in [0.05, 0.1) is 4.90 Å². The van der Waals surface area contributed by atoms with Crippen LogP contribution in [0.4, 0.5) is 5.69 Å². The number of aryl methyl sites for hydroxylation is 1. The SMILES string of the molecule is Cc1cccc(NC(=O)C2CCN(S(=O)(=O)c3ccccc3)CC2)c1. The van der Waals surface area contributed by atoms with Crippen molar-refractivity contribution in [1.82, 2.24) is 4.31 Å². The molecule has 0 saturated carbocycles. The maximum Gasteiger partial charge on any atom is 0.243 e. The average Bonchev–Trinajstić information content (AvgIpc) is 2.62. The van der Waals surface area contributed by atoms with Gasteiger partial charge in [-0.2, -0.15) is 4.31 Å². The van der Waals surface area contributed by atoms with Crippen LogP contribution in [0.2, 0.25) is 0 Å². The first kappa shape index (κ1) is 17.6. The molecule has 0 unspecified atom stereocenters. The lowest BCUT2D eigenvalue weighted by atomic mass is 9.97. The van der Waals surface area contributed by atoms with Gasteiger partial charge in [-0.3, -0.25) is 4.79 Å². The fraction of sp³-hybridized carbons (Fsp3) is 0.316. The Morgan fingerprint density at radius 1 is 1.04 bits per heavy atom. The lowest BCUT2D eigenvalue weighted by molar-refractivity contribution is -0.120. The number of anilines is 1. The molecule has 1 aliphatic heterocycles. The standard InChI is InChI=1S/C19H22N2O3S/c1-15-6-5-7-17(14-15)20-19(22)16-10-12-21(13-11-16)25(23,24)18-8-3-2-4-9-18/h2-9,14,16H,10-13H2,1H3,(H,20,22). The summed E-state index contributed by atoms with van der Waals surface area (Å²) in [6.45, 7) is 2.70. The Morgan fingerprint density at radius 3 is 2.36 bits per heavy atom. The Morgan fingerprint density at radius 2 is 1.72 bits per heavy atom. The van der Waals surface area contributed by atoms with Crippen LogP contribution in [0.25, 0.3) is 0 Å². The second-order valence-corrected chi connectivity index (χ2v) is 8.29. The normalized spacial score (nSPS) is 16.5. The summed E-state index contributed by atoms with van der Waals surface area (Å²) < 4.78 is 26.7. The van der Waals surface area contributed by atoms with E-state index in [0.717, 1.165) is 11.3 Å². The highest BCUT2D eigenvalue weighted by Crippen LogP contribution is 2.25. The molecule has 1 amide bonds. The van der Waals surface area contributed by atoms with E-state index in [2.05, 4.69) is 5.32 Å². The van der Waals surface area contributed by atoms with Gasteiger partial charge in [0.25, 0.3) is 0 Å². The number of sulfonamides is 1. The van der Waals surface area contributed by atoms with E-state index in [-0.39, 0.29) is 11.8 Å². The van der Waals surface area contributed by atoms with Crippen LogP contribution in [0.5, 0.6) is 0 Å². The maximum atomic E-state index is 12.6. The highest BCUT2D eigenvalue weighted by Gasteiger charge is 2.31. The molecule has 3 rings (SSSR count). The summed E-state index contributed by atoms with van der Waals surface area (Å²) in [4.78, 5) is 12.7. The number of amides is 1. The Bertz CT molecular complexity index is 842. The summed E-state index contributed by atoms with van der Waals surface area (Å²) in [5, 5.41) is 2.93. The lowest BCUT2D eigenvalue weighted by Crippen LogP contribution is -2.41. The Hall–Kier alpha value is -2.18. The Labute approximate surface area is 148 Å². The summed E-state index contributed by atoms with van der Waals surface area (Å²) >= 11 is 0. The summed E-state index contributed by atoms with van der Waals surface area (Å²) in [6, 6.07) is 16.1. The topological polar surface area (TPSA) is 66.5 Å². The van der Waals surface area contributed by atoms with Crippen LogP contribution in [-0.2, 0) is 14.8 Å². The molecular formula is C19H22N2O3S. The third-order valence-corrected chi connectivity index (χ3v) is 6.40. The van der Waals surface area contributed by atoms with Crippen LogP contribution in [0, 0.1) is 12.8 Å². The van der Waals surface area contributed by atoms with Gasteiger partial charge in [0.1, 0.15) is 0 Å². The molecule has 25 heavy (non-hydrogen) atoms. The number of nitrogens with one attached hydrogen (secondary N) is 1. The monoisotopic (exact) mass is 358 g/mol. The van der Waals surface area contributed by atoms with Gasteiger partial charge in [-0.25, -0.2) is 8.42 Å². The van der Waals surface area contributed by atoms with Gasteiger partial charge in [0, 0.05) is 24.7 Å². The number of rotatable bonds is 4. The first-order chi connectivity index (χ1) is 12.0. The molecule has 1 saturated heterocycles. The van der Waals surface area contributed by atoms with Crippen molar-refractivity contribution < 1.29 is 13.2 Å². The number of carbonyl (C=O) groups excluding carboxylic acids is 1. The molecule has 6 heteroatoms. The summed E-state index contributed by atoms with van der Waals surface area (Å²) in [6.07, 6.45) is 1.06. The molecular weight excluding hydrogens is 336 g/mol. The molecule has 0 atom stereocenters. The van der Waals surface area contributed by atoms with Crippen LogP contribution in [-0.4, -0.2) is 31.7 Å². The number of carbonyl (C=O) groups is 1. The molecule has 132 valence electrons. The predicted molar refractivity (Wildman–Crippen MR) is 97.7 cm³/mol. The van der Waals surface area contributed by atoms with Gasteiger partial charge in [0.15, 0.2) is 0 Å². The van der Waals surface area contributed by atoms with Crippen molar-refractivity contribution in [3.8, 4) is 0 Å². The number of benzene rings is 2. The first-order valence-corrected chi connectivity index (χ1v) is 9.83. The molecule has 2 aromatic rings. The van der Waals surface area contributed by atoms with Crippen molar-refractivity contribution in [1.29, 1.82) is 0 Å². The van der Waals surface area contributed by atoms with Crippen molar-refractivity contribution in [2.45, 2.75) is 24.7 Å². The van der Waals surface area contributed by atoms with Gasteiger partial charge < -0.3 is 5.32 Å². The van der Waals surface area contributed by atoms with Crippen molar-refractivity contribution in [2.24, 2.45) is 5.92 Å². The minimum Gasteiger partial charge on any atom is -0.326 e. The van der Waals surface area contributed by atoms with Crippen molar-refractivity contribution >= 4 is 21.6 Å². The largest absolute Gasteiger partial charge is 0.326 e. The van der Waals surface area contributed by atoms with E-state index in [1.165, 1.54) is 4.31 Å². The van der Waals surface area contributed by atoms with Crippen LogP contribution < -0.4 is 5.32 Å². The van der Waals surface area contributed by atoms with Crippen LogP contribution in [0.3, 0.4) is 0 Å². The van der Waals surface area contributed by atoms with Gasteiger partial charge in [-0.15, -0.1) is 0 Å². The Kier molecular flexibility index (Phi) is 5.20. The number of hydrogen-bond acceptors (Lipinski definition) is 3. The quantitative estimate of drug-likeness (QED) is 0.913. The second kappa shape index (κ2) is 7.37. The van der Waals surface area contributed by atoms with E-state index >= 15 is 0 Å². The van der Waals surface area contributed by atoms with Gasteiger partial charge in [0.2, 0.25) is 15.9 Å². The maximum absolute atomic E-state index is 12.6. The second-order valence-electron chi connectivity index (χ2n) is 6.35. The molecule has 1 N–H and O–H groups in total. The highest BCUT2D eigenvalue weighted by molar-refractivity contribution is 7.89. The first-order valence-electron chi connectivity index (χ1n) is 8.39. The third kappa shape index (κ3) is 4.08. The van der Waals surface area contributed by atoms with Gasteiger partial charge in [-0.05, 0) is 49.6 Å². The molecule has 0 aromatic heterocycles. The third-order valence-electron chi connectivity index (χ3n) is 4.49. The molecule has 0 aliphatic carbocycles. The molecule has 0 bridgehead atoms. The number of nitrogens with zero attached hydrogens (tertiary/aromatic N) is 1. The molecule has 0 spiro atoms.